The normalized spacial score (nSPS) is 15.7. The lowest BCUT2D eigenvalue weighted by Gasteiger charge is -2.29. The first kappa shape index (κ1) is 15.4. The topological polar surface area (TPSA) is 78.7 Å². The second-order valence-electron chi connectivity index (χ2n) is 5.09. The number of para-hydroxylation sites is 1. The molecular formula is C14H20N4O3. The molecule has 0 atom stereocenters. The van der Waals surface area contributed by atoms with E-state index < -0.39 is 4.92 Å². The molecule has 1 aliphatic heterocycles. The number of likely N-dealkylation sites (N-methyl/N-ethyl adjacent to an activating group) is 1. The number of nitrogens with one attached hydrogen (secondary N) is 1. The minimum absolute atomic E-state index is 0.142. The van der Waals surface area contributed by atoms with Crippen LogP contribution in [0.25, 0.3) is 0 Å². The van der Waals surface area contributed by atoms with Gasteiger partial charge >= 0.3 is 0 Å². The highest BCUT2D eigenvalue weighted by Crippen LogP contribution is 2.19. The Hall–Kier alpha value is -1.99. The van der Waals surface area contributed by atoms with Crippen LogP contribution < -0.4 is 5.32 Å². The van der Waals surface area contributed by atoms with Crippen LogP contribution in [-0.2, 0) is 0 Å². The number of nitrogens with zero attached hydrogens (tertiary/aromatic N) is 3. The number of carbonyl (C=O) groups is 1. The zero-order chi connectivity index (χ0) is 15.2. The fourth-order valence-corrected chi connectivity index (χ4v) is 2.35. The van der Waals surface area contributed by atoms with Crippen LogP contribution in [0.2, 0.25) is 0 Å². The summed E-state index contributed by atoms with van der Waals surface area (Å²) >= 11 is 0. The third kappa shape index (κ3) is 3.99. The van der Waals surface area contributed by atoms with Crippen molar-refractivity contribution in [3.05, 3.63) is 39.9 Å². The zero-order valence-electron chi connectivity index (χ0n) is 12.1. The van der Waals surface area contributed by atoms with E-state index in [1.807, 2.05) is 0 Å². The SMILES string of the molecule is CN(CCN1CCNCC1)C(=O)c1ccccc1[N+](=O)[O-]. The first-order valence-corrected chi connectivity index (χ1v) is 7.01. The van der Waals surface area contributed by atoms with Gasteiger partial charge in [-0.2, -0.15) is 0 Å². The van der Waals surface area contributed by atoms with Gasteiger partial charge < -0.3 is 10.2 Å². The van der Waals surface area contributed by atoms with Crippen molar-refractivity contribution in [2.24, 2.45) is 0 Å². The fraction of sp³-hybridized carbons (Fsp3) is 0.500. The number of piperazine rings is 1. The highest BCUT2D eigenvalue weighted by atomic mass is 16.6. The van der Waals surface area contributed by atoms with Crippen molar-refractivity contribution in [1.29, 1.82) is 0 Å². The van der Waals surface area contributed by atoms with Gasteiger partial charge in [0.1, 0.15) is 5.56 Å². The van der Waals surface area contributed by atoms with Crippen molar-refractivity contribution in [1.82, 2.24) is 15.1 Å². The maximum Gasteiger partial charge on any atom is 0.282 e. The van der Waals surface area contributed by atoms with Crippen LogP contribution in [0.4, 0.5) is 5.69 Å². The molecule has 1 heterocycles. The smallest absolute Gasteiger partial charge is 0.282 e. The Bertz CT molecular complexity index is 515. The summed E-state index contributed by atoms with van der Waals surface area (Å²) in [6.07, 6.45) is 0. The number of rotatable bonds is 5. The highest BCUT2D eigenvalue weighted by Gasteiger charge is 2.22. The van der Waals surface area contributed by atoms with E-state index in [1.54, 1.807) is 24.1 Å². The van der Waals surface area contributed by atoms with Crippen molar-refractivity contribution in [2.45, 2.75) is 0 Å². The highest BCUT2D eigenvalue weighted by molar-refractivity contribution is 5.97. The summed E-state index contributed by atoms with van der Waals surface area (Å²) in [5, 5.41) is 14.2. The molecule has 0 radical (unpaired) electrons. The summed E-state index contributed by atoms with van der Waals surface area (Å²) in [6, 6.07) is 6.07. The summed E-state index contributed by atoms with van der Waals surface area (Å²) in [5.74, 6) is -0.308. The molecule has 0 saturated carbocycles. The van der Waals surface area contributed by atoms with Gasteiger partial charge in [-0.05, 0) is 6.07 Å². The second kappa shape index (κ2) is 7.14. The third-order valence-electron chi connectivity index (χ3n) is 3.64. The van der Waals surface area contributed by atoms with Gasteiger partial charge in [-0.3, -0.25) is 19.8 Å². The Morgan fingerprint density at radius 1 is 1.38 bits per heavy atom. The predicted octanol–water partition coefficient (Wildman–Crippen LogP) is 0.572. The van der Waals surface area contributed by atoms with Gasteiger partial charge in [0.15, 0.2) is 0 Å². The number of carbonyl (C=O) groups excluding carboxylic acids is 1. The molecule has 7 nitrogen and oxygen atoms in total. The van der Waals surface area contributed by atoms with E-state index in [0.717, 1.165) is 32.7 Å². The molecule has 0 aliphatic carbocycles. The molecule has 1 fully saturated rings. The van der Waals surface area contributed by atoms with Gasteiger partial charge in [0.2, 0.25) is 0 Å². The van der Waals surface area contributed by atoms with Crippen LogP contribution in [0.15, 0.2) is 24.3 Å². The Morgan fingerprint density at radius 2 is 2.05 bits per heavy atom. The largest absolute Gasteiger partial charge is 0.340 e. The van der Waals surface area contributed by atoms with Crippen molar-refractivity contribution >= 4 is 11.6 Å². The van der Waals surface area contributed by atoms with Crippen LogP contribution in [0.1, 0.15) is 10.4 Å². The van der Waals surface area contributed by atoms with Gasteiger partial charge in [-0.15, -0.1) is 0 Å². The molecule has 1 N–H and O–H groups in total. The van der Waals surface area contributed by atoms with E-state index in [1.165, 1.54) is 12.1 Å². The fourth-order valence-electron chi connectivity index (χ4n) is 2.35. The van der Waals surface area contributed by atoms with Crippen LogP contribution in [-0.4, -0.2) is 66.9 Å². The zero-order valence-corrected chi connectivity index (χ0v) is 12.1. The maximum absolute atomic E-state index is 12.3. The monoisotopic (exact) mass is 292 g/mol. The van der Waals surface area contributed by atoms with Crippen molar-refractivity contribution in [3.63, 3.8) is 0 Å². The average Bonchev–Trinajstić information content (AvgIpc) is 2.52. The minimum Gasteiger partial charge on any atom is -0.340 e. The number of nitro benzene ring substituents is 1. The van der Waals surface area contributed by atoms with E-state index in [4.69, 9.17) is 0 Å². The van der Waals surface area contributed by atoms with Crippen LogP contribution in [0.5, 0.6) is 0 Å². The van der Waals surface area contributed by atoms with Gasteiger partial charge in [0.05, 0.1) is 4.92 Å². The van der Waals surface area contributed by atoms with Crippen LogP contribution in [0.3, 0.4) is 0 Å². The molecule has 2 rings (SSSR count). The molecule has 0 aromatic heterocycles. The summed E-state index contributed by atoms with van der Waals surface area (Å²) in [7, 11) is 1.68. The van der Waals surface area contributed by atoms with Crippen molar-refractivity contribution in [3.8, 4) is 0 Å². The molecule has 1 saturated heterocycles. The van der Waals surface area contributed by atoms with Gasteiger partial charge in [0.25, 0.3) is 11.6 Å². The molecular weight excluding hydrogens is 272 g/mol. The summed E-state index contributed by atoms with van der Waals surface area (Å²) in [5.41, 5.74) is 0.00170. The number of hydrogen-bond donors (Lipinski definition) is 1. The lowest BCUT2D eigenvalue weighted by molar-refractivity contribution is -0.385. The molecule has 1 aromatic carbocycles. The number of hydrogen-bond acceptors (Lipinski definition) is 5. The van der Waals surface area contributed by atoms with Crippen LogP contribution in [0, 0.1) is 10.1 Å². The molecule has 114 valence electrons. The molecule has 0 spiro atoms. The molecule has 0 unspecified atom stereocenters. The molecule has 7 heteroatoms. The van der Waals surface area contributed by atoms with E-state index >= 15 is 0 Å². The molecule has 0 bridgehead atoms. The summed E-state index contributed by atoms with van der Waals surface area (Å²) in [6.45, 7) is 5.19. The van der Waals surface area contributed by atoms with E-state index in [-0.39, 0.29) is 17.2 Å². The predicted molar refractivity (Wildman–Crippen MR) is 79.4 cm³/mol. The maximum atomic E-state index is 12.3. The first-order valence-electron chi connectivity index (χ1n) is 7.01. The third-order valence-corrected chi connectivity index (χ3v) is 3.64. The Labute approximate surface area is 123 Å². The van der Waals surface area contributed by atoms with Gasteiger partial charge in [-0.25, -0.2) is 0 Å². The van der Waals surface area contributed by atoms with Crippen molar-refractivity contribution < 1.29 is 9.72 Å². The molecule has 21 heavy (non-hydrogen) atoms. The quantitative estimate of drug-likeness (QED) is 0.634. The minimum atomic E-state index is -0.516. The Kier molecular flexibility index (Phi) is 5.24. The molecule has 1 amide bonds. The van der Waals surface area contributed by atoms with Gasteiger partial charge in [0, 0.05) is 52.4 Å². The van der Waals surface area contributed by atoms with E-state index in [2.05, 4.69) is 10.2 Å². The Balaban J connectivity index is 1.97. The van der Waals surface area contributed by atoms with Crippen molar-refractivity contribution in [2.75, 3.05) is 46.3 Å². The molecule has 1 aliphatic rings. The van der Waals surface area contributed by atoms with E-state index in [0.29, 0.717) is 6.54 Å². The molecule has 1 aromatic rings. The average molecular weight is 292 g/mol. The lowest BCUT2D eigenvalue weighted by Crippen LogP contribution is -2.46. The number of benzene rings is 1. The standard InChI is InChI=1S/C14H20N4O3/c1-16(10-11-17-8-6-15-7-9-17)14(19)12-4-2-3-5-13(12)18(20)21/h2-5,15H,6-11H2,1H3. The summed E-state index contributed by atoms with van der Waals surface area (Å²) in [4.78, 5) is 26.6. The number of amides is 1. The Morgan fingerprint density at radius 3 is 2.71 bits per heavy atom. The number of nitro groups is 1. The van der Waals surface area contributed by atoms with Crippen LogP contribution >= 0.6 is 0 Å². The van der Waals surface area contributed by atoms with E-state index in [9.17, 15) is 14.9 Å². The summed E-state index contributed by atoms with van der Waals surface area (Å²) < 4.78 is 0. The first-order chi connectivity index (χ1) is 10.1. The lowest BCUT2D eigenvalue weighted by atomic mass is 10.1. The second-order valence-corrected chi connectivity index (χ2v) is 5.09. The van der Waals surface area contributed by atoms with Gasteiger partial charge in [-0.1, -0.05) is 12.1 Å².